The van der Waals surface area contributed by atoms with E-state index in [1.807, 2.05) is 0 Å². The Hall–Kier alpha value is -1.54. The molecule has 92 valence electrons. The summed E-state index contributed by atoms with van der Waals surface area (Å²) in [7, 11) is 0. The molecular formula is C8H16N4O4. The molecular weight excluding hydrogens is 216 g/mol. The van der Waals surface area contributed by atoms with Crippen molar-refractivity contribution < 1.29 is 19.8 Å². The molecule has 1 saturated carbocycles. The van der Waals surface area contributed by atoms with Crippen molar-refractivity contribution in [3.8, 4) is 0 Å². The molecule has 6 N–H and O–H groups in total. The average molecular weight is 232 g/mol. The molecule has 0 aromatic carbocycles. The third kappa shape index (κ3) is 2.52. The lowest BCUT2D eigenvalue weighted by atomic mass is 9.89. The summed E-state index contributed by atoms with van der Waals surface area (Å²) in [5.41, 5.74) is 0. The first kappa shape index (κ1) is 12.5. The van der Waals surface area contributed by atoms with Gasteiger partial charge in [-0.3, -0.25) is 0 Å². The molecule has 0 aromatic rings. The molecule has 16 heavy (non-hydrogen) atoms. The van der Waals surface area contributed by atoms with Crippen LogP contribution in [0.1, 0.15) is 25.7 Å². The second-order valence-corrected chi connectivity index (χ2v) is 3.80. The van der Waals surface area contributed by atoms with Gasteiger partial charge in [-0.15, -0.1) is 0 Å². The van der Waals surface area contributed by atoms with Crippen molar-refractivity contribution >= 4 is 12.2 Å². The van der Waals surface area contributed by atoms with Crippen LogP contribution >= 0.6 is 0 Å². The minimum absolute atomic E-state index is 0.522. The zero-order chi connectivity index (χ0) is 12.3. The minimum atomic E-state index is -1.28. The first-order chi connectivity index (χ1) is 7.45. The van der Waals surface area contributed by atoms with Crippen molar-refractivity contribution in [1.82, 2.24) is 10.0 Å². The van der Waals surface area contributed by atoms with Crippen LogP contribution in [-0.2, 0) is 0 Å². The molecule has 1 aliphatic rings. The van der Waals surface area contributed by atoms with E-state index >= 15 is 0 Å². The van der Waals surface area contributed by atoms with Gasteiger partial charge in [0.1, 0.15) is 0 Å². The van der Waals surface area contributed by atoms with Crippen LogP contribution in [-0.4, -0.2) is 44.5 Å². The van der Waals surface area contributed by atoms with Crippen LogP contribution in [0.3, 0.4) is 0 Å². The van der Waals surface area contributed by atoms with Crippen LogP contribution in [0.2, 0.25) is 0 Å². The van der Waals surface area contributed by atoms with E-state index in [0.29, 0.717) is 22.9 Å². The van der Waals surface area contributed by atoms with Crippen molar-refractivity contribution in [2.45, 2.75) is 37.8 Å². The number of carbonyl (C=O) groups is 2. The zero-order valence-electron chi connectivity index (χ0n) is 8.74. The standard InChI is InChI=1S/C8H16N4O4/c9-11(7(13)14)5-3-1-2-4-6(5)12(10)8(15)16/h5-6H,1-4,9-10H2,(H,13,14)(H,15,16). The smallest absolute Gasteiger partial charge is 0.421 e. The summed E-state index contributed by atoms with van der Waals surface area (Å²) < 4.78 is 0. The lowest BCUT2D eigenvalue weighted by molar-refractivity contribution is 0.0464. The summed E-state index contributed by atoms with van der Waals surface area (Å²) in [6.45, 7) is 0. The Morgan fingerprint density at radius 3 is 1.50 bits per heavy atom. The second-order valence-electron chi connectivity index (χ2n) is 3.80. The van der Waals surface area contributed by atoms with Crippen LogP contribution in [0, 0.1) is 0 Å². The van der Waals surface area contributed by atoms with E-state index in [1.165, 1.54) is 0 Å². The molecule has 0 bridgehead atoms. The topological polar surface area (TPSA) is 133 Å². The van der Waals surface area contributed by atoms with Crippen molar-refractivity contribution in [1.29, 1.82) is 0 Å². The Labute approximate surface area is 92.3 Å². The van der Waals surface area contributed by atoms with Gasteiger partial charge in [0.05, 0.1) is 12.1 Å². The van der Waals surface area contributed by atoms with Gasteiger partial charge >= 0.3 is 12.2 Å². The highest BCUT2D eigenvalue weighted by atomic mass is 16.4. The van der Waals surface area contributed by atoms with Gasteiger partial charge in [-0.1, -0.05) is 12.8 Å². The molecule has 0 radical (unpaired) electrons. The molecule has 1 rings (SSSR count). The predicted octanol–water partition coefficient (Wildman–Crippen LogP) is 0.00500. The monoisotopic (exact) mass is 232 g/mol. The summed E-state index contributed by atoms with van der Waals surface area (Å²) in [6, 6.07) is -1.15. The highest BCUT2D eigenvalue weighted by Crippen LogP contribution is 2.24. The fraction of sp³-hybridized carbons (Fsp3) is 0.750. The maximum atomic E-state index is 10.7. The normalized spacial score (nSPS) is 24.9. The Balaban J connectivity index is 2.78. The second kappa shape index (κ2) is 4.99. The molecule has 0 saturated heterocycles. The van der Waals surface area contributed by atoms with Gasteiger partial charge in [0.15, 0.2) is 0 Å². The molecule has 0 heterocycles. The van der Waals surface area contributed by atoms with Crippen LogP contribution in [0.5, 0.6) is 0 Å². The molecule has 1 fully saturated rings. The number of hydrogen-bond donors (Lipinski definition) is 4. The molecule has 0 aliphatic heterocycles. The van der Waals surface area contributed by atoms with E-state index in [4.69, 9.17) is 21.9 Å². The fourth-order valence-electron chi connectivity index (χ4n) is 2.02. The van der Waals surface area contributed by atoms with Gasteiger partial charge in [-0.25, -0.2) is 31.3 Å². The van der Waals surface area contributed by atoms with Gasteiger partial charge in [-0.2, -0.15) is 0 Å². The number of amides is 2. The van der Waals surface area contributed by atoms with E-state index in [2.05, 4.69) is 0 Å². The highest BCUT2D eigenvalue weighted by molar-refractivity contribution is 5.66. The lowest BCUT2D eigenvalue weighted by Crippen LogP contribution is -2.60. The summed E-state index contributed by atoms with van der Waals surface area (Å²) >= 11 is 0. The first-order valence-electron chi connectivity index (χ1n) is 4.99. The third-order valence-corrected chi connectivity index (χ3v) is 2.85. The number of rotatable bonds is 2. The molecule has 8 nitrogen and oxygen atoms in total. The van der Waals surface area contributed by atoms with E-state index < -0.39 is 24.3 Å². The summed E-state index contributed by atoms with van der Waals surface area (Å²) in [5.74, 6) is 10.8. The summed E-state index contributed by atoms with van der Waals surface area (Å²) in [4.78, 5) is 21.5. The number of nitrogens with two attached hydrogens (primary N) is 2. The van der Waals surface area contributed by atoms with Crippen molar-refractivity contribution in [3.63, 3.8) is 0 Å². The van der Waals surface area contributed by atoms with Crippen molar-refractivity contribution in [2.24, 2.45) is 11.7 Å². The maximum absolute atomic E-state index is 10.7. The zero-order valence-corrected chi connectivity index (χ0v) is 8.74. The van der Waals surface area contributed by atoms with Gasteiger partial charge in [0.2, 0.25) is 0 Å². The Bertz CT molecular complexity index is 257. The van der Waals surface area contributed by atoms with Gasteiger partial charge in [0.25, 0.3) is 0 Å². The van der Waals surface area contributed by atoms with E-state index in [9.17, 15) is 9.59 Å². The highest BCUT2D eigenvalue weighted by Gasteiger charge is 2.36. The largest absolute Gasteiger partial charge is 0.464 e. The van der Waals surface area contributed by atoms with Gasteiger partial charge < -0.3 is 10.2 Å². The number of hydrogen-bond acceptors (Lipinski definition) is 4. The van der Waals surface area contributed by atoms with Gasteiger partial charge in [0, 0.05) is 0 Å². The van der Waals surface area contributed by atoms with Crippen molar-refractivity contribution in [3.05, 3.63) is 0 Å². The molecule has 8 heteroatoms. The summed E-state index contributed by atoms with van der Waals surface area (Å²) in [6.07, 6.45) is 0.111. The van der Waals surface area contributed by atoms with Crippen LogP contribution in [0.15, 0.2) is 0 Å². The van der Waals surface area contributed by atoms with E-state index in [0.717, 1.165) is 12.8 Å². The molecule has 0 spiro atoms. The average Bonchev–Trinajstić information content (AvgIpc) is 2.26. The quantitative estimate of drug-likeness (QED) is 0.301. The number of carboxylic acid groups (broad SMARTS) is 2. The number of hydrazine groups is 2. The minimum Gasteiger partial charge on any atom is -0.464 e. The molecule has 2 amide bonds. The molecule has 2 unspecified atom stereocenters. The Morgan fingerprint density at radius 2 is 1.25 bits per heavy atom. The third-order valence-electron chi connectivity index (χ3n) is 2.85. The molecule has 0 aromatic heterocycles. The Morgan fingerprint density at radius 1 is 0.938 bits per heavy atom. The van der Waals surface area contributed by atoms with E-state index in [1.54, 1.807) is 0 Å². The number of nitrogens with zero attached hydrogens (tertiary/aromatic N) is 2. The first-order valence-corrected chi connectivity index (χ1v) is 4.99. The lowest BCUT2D eigenvalue weighted by Gasteiger charge is -2.38. The van der Waals surface area contributed by atoms with Crippen molar-refractivity contribution in [2.75, 3.05) is 0 Å². The fourth-order valence-corrected chi connectivity index (χ4v) is 2.02. The maximum Gasteiger partial charge on any atom is 0.421 e. The predicted molar refractivity (Wildman–Crippen MR) is 54.1 cm³/mol. The SMILES string of the molecule is NN(C(=O)O)C1CCCCC1N(N)C(=O)O. The Kier molecular flexibility index (Phi) is 3.91. The summed E-state index contributed by atoms with van der Waals surface area (Å²) in [5, 5.41) is 18.8. The van der Waals surface area contributed by atoms with Crippen LogP contribution < -0.4 is 11.7 Å². The van der Waals surface area contributed by atoms with Crippen LogP contribution in [0.4, 0.5) is 9.59 Å². The van der Waals surface area contributed by atoms with Gasteiger partial charge in [-0.05, 0) is 12.8 Å². The van der Waals surface area contributed by atoms with E-state index in [-0.39, 0.29) is 0 Å². The molecule has 1 aliphatic carbocycles. The molecule has 2 atom stereocenters. The van der Waals surface area contributed by atoms with Crippen LogP contribution in [0.25, 0.3) is 0 Å².